The van der Waals surface area contributed by atoms with E-state index in [0.29, 0.717) is 0 Å². The van der Waals surface area contributed by atoms with E-state index in [9.17, 15) is 0 Å². The minimum atomic E-state index is 1.18. The zero-order valence-corrected chi connectivity index (χ0v) is 12.3. The molecule has 3 nitrogen and oxygen atoms in total. The van der Waals surface area contributed by atoms with Crippen LogP contribution in [0.4, 0.5) is 0 Å². The van der Waals surface area contributed by atoms with Crippen LogP contribution in [0.5, 0.6) is 0 Å². The topological polar surface area (TPSA) is 30.7 Å². The largest absolute Gasteiger partial charge is 0.343 e. The molecule has 22 heavy (non-hydrogen) atoms. The minimum absolute atomic E-state index is 1.18. The summed E-state index contributed by atoms with van der Waals surface area (Å²) in [5.74, 6) is 0. The molecule has 4 aromatic rings. The second kappa shape index (κ2) is 5.11. The standard InChI is InChI=1S/C19H15N3/c1-22-18(14-6-10-20-11-7-14)16-4-2-3-5-17(16)19(22)15-8-12-21-13-9-15/h2-13H,1H3. The lowest BCUT2D eigenvalue weighted by atomic mass is 10.1. The van der Waals surface area contributed by atoms with Gasteiger partial charge in [0, 0.05) is 53.7 Å². The molecule has 0 spiro atoms. The van der Waals surface area contributed by atoms with Gasteiger partial charge < -0.3 is 4.57 Å². The fourth-order valence-electron chi connectivity index (χ4n) is 3.09. The molecule has 0 saturated heterocycles. The molecule has 0 radical (unpaired) electrons. The van der Waals surface area contributed by atoms with Gasteiger partial charge in [-0.3, -0.25) is 9.97 Å². The number of benzene rings is 1. The molecule has 0 fully saturated rings. The Morgan fingerprint density at radius 1 is 0.636 bits per heavy atom. The van der Waals surface area contributed by atoms with Crippen LogP contribution < -0.4 is 0 Å². The van der Waals surface area contributed by atoms with Gasteiger partial charge in [0.25, 0.3) is 0 Å². The summed E-state index contributed by atoms with van der Waals surface area (Å²) >= 11 is 0. The van der Waals surface area contributed by atoms with Crippen LogP contribution in [-0.2, 0) is 7.05 Å². The van der Waals surface area contributed by atoms with Crippen LogP contribution in [0.3, 0.4) is 0 Å². The first-order chi connectivity index (χ1) is 10.9. The smallest absolute Gasteiger partial charge is 0.0563 e. The average Bonchev–Trinajstić information content (AvgIpc) is 2.88. The predicted molar refractivity (Wildman–Crippen MR) is 89.4 cm³/mol. The van der Waals surface area contributed by atoms with Gasteiger partial charge in [-0.1, -0.05) is 24.3 Å². The summed E-state index contributed by atoms with van der Waals surface area (Å²) in [6, 6.07) is 16.7. The van der Waals surface area contributed by atoms with E-state index in [1.165, 1.54) is 33.3 Å². The van der Waals surface area contributed by atoms with E-state index in [1.807, 2.05) is 24.8 Å². The molecule has 0 N–H and O–H groups in total. The molecular weight excluding hydrogens is 270 g/mol. The second-order valence-corrected chi connectivity index (χ2v) is 5.27. The zero-order chi connectivity index (χ0) is 14.9. The molecule has 0 aliphatic carbocycles. The third-order valence-electron chi connectivity index (χ3n) is 4.02. The van der Waals surface area contributed by atoms with E-state index in [-0.39, 0.29) is 0 Å². The van der Waals surface area contributed by atoms with Gasteiger partial charge >= 0.3 is 0 Å². The number of rotatable bonds is 2. The maximum absolute atomic E-state index is 4.13. The van der Waals surface area contributed by atoms with Crippen molar-refractivity contribution in [2.45, 2.75) is 0 Å². The van der Waals surface area contributed by atoms with Gasteiger partial charge in [-0.2, -0.15) is 0 Å². The highest BCUT2D eigenvalue weighted by Crippen LogP contribution is 2.37. The number of hydrogen-bond acceptors (Lipinski definition) is 2. The normalized spacial score (nSPS) is 11.0. The third-order valence-corrected chi connectivity index (χ3v) is 4.02. The van der Waals surface area contributed by atoms with Crippen molar-refractivity contribution < 1.29 is 0 Å². The number of aromatic nitrogens is 3. The molecule has 0 atom stereocenters. The van der Waals surface area contributed by atoms with Crippen molar-refractivity contribution in [2.75, 3.05) is 0 Å². The van der Waals surface area contributed by atoms with E-state index >= 15 is 0 Å². The Hall–Kier alpha value is -2.94. The van der Waals surface area contributed by atoms with Crippen LogP contribution in [0.15, 0.2) is 73.3 Å². The summed E-state index contributed by atoms with van der Waals surface area (Å²) in [5.41, 5.74) is 4.78. The van der Waals surface area contributed by atoms with Crippen LogP contribution in [0.2, 0.25) is 0 Å². The lowest BCUT2D eigenvalue weighted by Crippen LogP contribution is -1.95. The molecule has 0 amide bonds. The summed E-state index contributed by atoms with van der Waals surface area (Å²) in [4.78, 5) is 8.26. The SMILES string of the molecule is Cn1c(-c2ccncc2)c2ccccc2c1-c1ccncc1. The Kier molecular flexibility index (Phi) is 2.97. The summed E-state index contributed by atoms with van der Waals surface area (Å²) in [6.45, 7) is 0. The molecule has 106 valence electrons. The van der Waals surface area contributed by atoms with E-state index in [2.05, 4.69) is 70.1 Å². The highest BCUT2D eigenvalue weighted by atomic mass is 15.0. The molecule has 0 saturated carbocycles. The van der Waals surface area contributed by atoms with Gasteiger partial charge in [0.1, 0.15) is 0 Å². The van der Waals surface area contributed by atoms with Crippen LogP contribution in [0, 0.1) is 0 Å². The number of fused-ring (bicyclic) bond motifs is 1. The van der Waals surface area contributed by atoms with Crippen molar-refractivity contribution in [3.63, 3.8) is 0 Å². The Bertz CT molecular complexity index is 848. The molecule has 1 aromatic carbocycles. The Morgan fingerprint density at radius 2 is 1.05 bits per heavy atom. The van der Waals surface area contributed by atoms with Crippen molar-refractivity contribution >= 4 is 10.8 Å². The van der Waals surface area contributed by atoms with Gasteiger partial charge in [0.05, 0.1) is 11.4 Å². The number of pyridine rings is 2. The maximum Gasteiger partial charge on any atom is 0.0563 e. The lowest BCUT2D eigenvalue weighted by molar-refractivity contribution is 0.950. The highest BCUT2D eigenvalue weighted by Gasteiger charge is 2.16. The van der Waals surface area contributed by atoms with E-state index < -0.39 is 0 Å². The summed E-state index contributed by atoms with van der Waals surface area (Å²) in [6.07, 6.45) is 7.35. The van der Waals surface area contributed by atoms with Crippen LogP contribution >= 0.6 is 0 Å². The Labute approximate surface area is 128 Å². The third kappa shape index (κ3) is 1.91. The van der Waals surface area contributed by atoms with Crippen molar-refractivity contribution in [1.29, 1.82) is 0 Å². The molecule has 4 rings (SSSR count). The molecular formula is C19H15N3. The summed E-state index contributed by atoms with van der Waals surface area (Å²) in [7, 11) is 2.12. The summed E-state index contributed by atoms with van der Waals surface area (Å²) < 4.78 is 2.26. The first kappa shape index (κ1) is 12.8. The summed E-state index contributed by atoms with van der Waals surface area (Å²) in [5, 5.41) is 2.51. The number of hydrogen-bond donors (Lipinski definition) is 0. The van der Waals surface area contributed by atoms with Crippen molar-refractivity contribution in [2.24, 2.45) is 7.05 Å². The fraction of sp³-hybridized carbons (Fsp3) is 0.0526. The van der Waals surface area contributed by atoms with E-state index in [4.69, 9.17) is 0 Å². The average molecular weight is 285 g/mol. The highest BCUT2D eigenvalue weighted by molar-refractivity contribution is 6.05. The number of nitrogens with zero attached hydrogens (tertiary/aromatic N) is 3. The van der Waals surface area contributed by atoms with Gasteiger partial charge in [-0.15, -0.1) is 0 Å². The minimum Gasteiger partial charge on any atom is -0.343 e. The van der Waals surface area contributed by atoms with Crippen molar-refractivity contribution in [3.8, 4) is 22.5 Å². The second-order valence-electron chi connectivity index (χ2n) is 5.27. The molecule has 3 aromatic heterocycles. The first-order valence-corrected chi connectivity index (χ1v) is 7.24. The molecule has 0 bridgehead atoms. The maximum atomic E-state index is 4.13. The molecule has 0 aliphatic heterocycles. The molecule has 0 unspecified atom stereocenters. The molecule has 0 aliphatic rings. The van der Waals surface area contributed by atoms with E-state index in [1.54, 1.807) is 0 Å². The van der Waals surface area contributed by atoms with Crippen LogP contribution in [-0.4, -0.2) is 14.5 Å². The van der Waals surface area contributed by atoms with Gasteiger partial charge in [0.2, 0.25) is 0 Å². The van der Waals surface area contributed by atoms with Crippen molar-refractivity contribution in [1.82, 2.24) is 14.5 Å². The fourth-order valence-corrected chi connectivity index (χ4v) is 3.09. The lowest BCUT2D eigenvalue weighted by Gasteiger charge is -2.08. The van der Waals surface area contributed by atoms with E-state index in [0.717, 1.165) is 0 Å². The van der Waals surface area contributed by atoms with Gasteiger partial charge in [0.15, 0.2) is 0 Å². The molecule has 3 heteroatoms. The Morgan fingerprint density at radius 3 is 1.45 bits per heavy atom. The van der Waals surface area contributed by atoms with Crippen LogP contribution in [0.1, 0.15) is 0 Å². The van der Waals surface area contributed by atoms with Crippen LogP contribution in [0.25, 0.3) is 33.3 Å². The molecule has 3 heterocycles. The Balaban J connectivity index is 2.10. The van der Waals surface area contributed by atoms with Gasteiger partial charge in [-0.25, -0.2) is 0 Å². The first-order valence-electron chi connectivity index (χ1n) is 7.24. The predicted octanol–water partition coefficient (Wildman–Crippen LogP) is 4.30. The monoisotopic (exact) mass is 285 g/mol. The quantitative estimate of drug-likeness (QED) is 0.549. The van der Waals surface area contributed by atoms with Gasteiger partial charge in [-0.05, 0) is 24.3 Å². The van der Waals surface area contributed by atoms with Crippen molar-refractivity contribution in [3.05, 3.63) is 73.3 Å². The zero-order valence-electron chi connectivity index (χ0n) is 12.3.